The fourth-order valence-electron chi connectivity index (χ4n) is 2.78. The molecule has 0 aliphatic carbocycles. The maximum Gasteiger partial charge on any atom is 0.335 e. The SMILES string of the molecule is COc1ccc2c(Cl)c(N)ccc2c1.O=C(O)c1ccc2cc(O)ccc2c1. The topological polar surface area (TPSA) is 92.8 Å². The number of carbonyl (C=O) groups is 1. The van der Waals surface area contributed by atoms with Gasteiger partial charge in [0, 0.05) is 5.39 Å². The molecule has 6 heteroatoms. The molecule has 4 N–H and O–H groups in total. The molecule has 0 aliphatic rings. The zero-order valence-corrected chi connectivity index (χ0v) is 15.8. The number of phenols is 1. The molecule has 0 radical (unpaired) electrons. The number of carboxylic acid groups (broad SMARTS) is 1. The molecule has 4 aromatic rings. The summed E-state index contributed by atoms with van der Waals surface area (Å²) in [7, 11) is 1.64. The van der Waals surface area contributed by atoms with Crippen LogP contribution >= 0.6 is 11.6 Å². The van der Waals surface area contributed by atoms with E-state index in [1.54, 1.807) is 37.4 Å². The average Bonchev–Trinajstić information content (AvgIpc) is 2.70. The molecular formula is C22H18ClNO4. The first-order valence-electron chi connectivity index (χ1n) is 8.37. The van der Waals surface area contributed by atoms with Gasteiger partial charge in [0.25, 0.3) is 0 Å². The Kier molecular flexibility index (Phi) is 5.57. The highest BCUT2D eigenvalue weighted by Crippen LogP contribution is 2.31. The number of benzene rings is 4. The minimum absolute atomic E-state index is 0.181. The Balaban J connectivity index is 0.000000161. The summed E-state index contributed by atoms with van der Waals surface area (Å²) in [5, 5.41) is 22.2. The van der Waals surface area contributed by atoms with Crippen molar-refractivity contribution in [2.45, 2.75) is 0 Å². The normalized spacial score (nSPS) is 10.4. The fraction of sp³-hybridized carbons (Fsp3) is 0.0455. The third-order valence-electron chi connectivity index (χ3n) is 4.26. The number of aromatic carboxylic acids is 1. The third kappa shape index (κ3) is 4.10. The van der Waals surface area contributed by atoms with E-state index in [0.717, 1.165) is 27.3 Å². The van der Waals surface area contributed by atoms with Crippen molar-refractivity contribution in [3.8, 4) is 11.5 Å². The largest absolute Gasteiger partial charge is 0.508 e. The first-order chi connectivity index (χ1) is 13.4. The molecule has 0 amide bonds. The van der Waals surface area contributed by atoms with Crippen LogP contribution in [0.3, 0.4) is 0 Å². The predicted molar refractivity (Wildman–Crippen MR) is 112 cm³/mol. The minimum atomic E-state index is -0.944. The van der Waals surface area contributed by atoms with Crippen molar-refractivity contribution in [2.24, 2.45) is 0 Å². The fourth-order valence-corrected chi connectivity index (χ4v) is 3.02. The van der Waals surface area contributed by atoms with E-state index in [9.17, 15) is 9.90 Å². The number of halogens is 1. The Hall–Kier alpha value is -3.44. The Bertz CT molecular complexity index is 1170. The first-order valence-corrected chi connectivity index (χ1v) is 8.74. The van der Waals surface area contributed by atoms with Gasteiger partial charge in [0.15, 0.2) is 0 Å². The molecule has 0 bridgehead atoms. The summed E-state index contributed by atoms with van der Waals surface area (Å²) in [5.74, 6) is 0.0545. The van der Waals surface area contributed by atoms with Crippen LogP contribution in [-0.2, 0) is 0 Å². The van der Waals surface area contributed by atoms with E-state index >= 15 is 0 Å². The van der Waals surface area contributed by atoms with Crippen molar-refractivity contribution < 1.29 is 19.7 Å². The van der Waals surface area contributed by atoms with Gasteiger partial charge in [-0.05, 0) is 64.7 Å². The van der Waals surface area contributed by atoms with Gasteiger partial charge in [0.2, 0.25) is 0 Å². The molecule has 142 valence electrons. The zero-order chi connectivity index (χ0) is 20.3. The summed E-state index contributed by atoms with van der Waals surface area (Å²) in [6, 6.07) is 19.0. The number of phenolic OH excluding ortho intramolecular Hbond substituents is 1. The number of rotatable bonds is 2. The molecule has 0 unspecified atom stereocenters. The van der Waals surface area contributed by atoms with Crippen LogP contribution in [0.25, 0.3) is 21.5 Å². The zero-order valence-electron chi connectivity index (χ0n) is 15.0. The molecule has 4 aromatic carbocycles. The molecule has 0 aliphatic heterocycles. The lowest BCUT2D eigenvalue weighted by Crippen LogP contribution is -1.94. The molecule has 0 saturated carbocycles. The van der Waals surface area contributed by atoms with Crippen LogP contribution in [-0.4, -0.2) is 23.3 Å². The van der Waals surface area contributed by atoms with E-state index in [0.29, 0.717) is 10.7 Å². The average molecular weight is 396 g/mol. The number of nitrogen functional groups attached to an aromatic ring is 1. The highest BCUT2D eigenvalue weighted by molar-refractivity contribution is 6.38. The summed E-state index contributed by atoms with van der Waals surface area (Å²) < 4.78 is 5.12. The van der Waals surface area contributed by atoms with Crippen LogP contribution < -0.4 is 10.5 Å². The van der Waals surface area contributed by atoms with Crippen molar-refractivity contribution in [3.05, 3.63) is 77.3 Å². The number of fused-ring (bicyclic) bond motifs is 2. The smallest absolute Gasteiger partial charge is 0.335 e. The molecule has 0 fully saturated rings. The molecular weight excluding hydrogens is 378 g/mol. The van der Waals surface area contributed by atoms with Gasteiger partial charge in [-0.25, -0.2) is 4.79 Å². The number of methoxy groups -OCH3 is 1. The molecule has 0 heterocycles. The van der Waals surface area contributed by atoms with Gasteiger partial charge in [0.05, 0.1) is 23.4 Å². The summed E-state index contributed by atoms with van der Waals surface area (Å²) >= 11 is 6.06. The summed E-state index contributed by atoms with van der Waals surface area (Å²) in [6.07, 6.45) is 0. The second-order valence-electron chi connectivity index (χ2n) is 6.11. The predicted octanol–water partition coefficient (Wildman–Crippen LogP) is 5.33. The van der Waals surface area contributed by atoms with Gasteiger partial charge in [-0.1, -0.05) is 29.8 Å². The highest BCUT2D eigenvalue weighted by Gasteiger charge is 2.04. The van der Waals surface area contributed by atoms with Crippen molar-refractivity contribution >= 4 is 44.8 Å². The van der Waals surface area contributed by atoms with Crippen molar-refractivity contribution in [1.82, 2.24) is 0 Å². The number of anilines is 1. The first kappa shape index (κ1) is 19.3. The lowest BCUT2D eigenvalue weighted by molar-refractivity contribution is 0.0697. The number of hydrogen-bond donors (Lipinski definition) is 3. The molecule has 0 atom stereocenters. The van der Waals surface area contributed by atoms with Gasteiger partial charge in [-0.2, -0.15) is 0 Å². The Morgan fingerprint density at radius 2 is 1.61 bits per heavy atom. The van der Waals surface area contributed by atoms with E-state index in [4.69, 9.17) is 27.2 Å². The third-order valence-corrected chi connectivity index (χ3v) is 4.68. The molecule has 5 nitrogen and oxygen atoms in total. The summed E-state index contributed by atoms with van der Waals surface area (Å²) in [4.78, 5) is 10.7. The summed E-state index contributed by atoms with van der Waals surface area (Å²) in [6.45, 7) is 0. The maximum absolute atomic E-state index is 10.7. The molecule has 4 rings (SSSR count). The number of carboxylic acids is 1. The van der Waals surface area contributed by atoms with E-state index in [1.807, 2.05) is 24.3 Å². The van der Waals surface area contributed by atoms with Gasteiger partial charge in [-0.3, -0.25) is 0 Å². The van der Waals surface area contributed by atoms with Gasteiger partial charge in [0.1, 0.15) is 11.5 Å². The second kappa shape index (κ2) is 8.06. The molecule has 0 spiro atoms. The van der Waals surface area contributed by atoms with Crippen molar-refractivity contribution in [1.29, 1.82) is 0 Å². The van der Waals surface area contributed by atoms with Crippen LogP contribution in [0.5, 0.6) is 11.5 Å². The monoisotopic (exact) mass is 395 g/mol. The van der Waals surface area contributed by atoms with Gasteiger partial charge in [-0.15, -0.1) is 0 Å². The lowest BCUT2D eigenvalue weighted by Gasteiger charge is -2.05. The number of aromatic hydroxyl groups is 1. The van der Waals surface area contributed by atoms with Gasteiger partial charge >= 0.3 is 5.97 Å². The van der Waals surface area contributed by atoms with E-state index in [1.165, 1.54) is 12.1 Å². The van der Waals surface area contributed by atoms with E-state index < -0.39 is 5.97 Å². The molecule has 28 heavy (non-hydrogen) atoms. The van der Waals surface area contributed by atoms with Crippen LogP contribution in [0.2, 0.25) is 5.02 Å². The van der Waals surface area contributed by atoms with E-state index in [2.05, 4.69) is 0 Å². The van der Waals surface area contributed by atoms with Crippen molar-refractivity contribution in [2.75, 3.05) is 12.8 Å². The number of ether oxygens (including phenoxy) is 1. The number of hydrogen-bond acceptors (Lipinski definition) is 4. The van der Waals surface area contributed by atoms with Crippen LogP contribution in [0.4, 0.5) is 5.69 Å². The molecule has 0 saturated heterocycles. The van der Waals surface area contributed by atoms with Crippen LogP contribution in [0.15, 0.2) is 66.7 Å². The Labute approximate surface area is 166 Å². The standard InChI is InChI=1S/C11H10ClNO.C11H8O3/c1-14-8-3-4-9-7(6-8)2-5-10(13)11(9)12;12-10-4-3-7-5-9(11(13)14)2-1-8(7)6-10/h2-6H,13H2,1H3;1-6,12H,(H,13,14). The van der Waals surface area contributed by atoms with Crippen molar-refractivity contribution in [3.63, 3.8) is 0 Å². The Morgan fingerprint density at radius 3 is 2.32 bits per heavy atom. The second-order valence-corrected chi connectivity index (χ2v) is 6.49. The van der Waals surface area contributed by atoms with Crippen LogP contribution in [0.1, 0.15) is 10.4 Å². The highest BCUT2D eigenvalue weighted by atomic mass is 35.5. The summed E-state index contributed by atoms with van der Waals surface area (Å²) in [5.41, 5.74) is 6.55. The van der Waals surface area contributed by atoms with Gasteiger partial charge < -0.3 is 20.7 Å². The van der Waals surface area contributed by atoms with E-state index in [-0.39, 0.29) is 11.3 Å². The minimum Gasteiger partial charge on any atom is -0.508 e. The van der Waals surface area contributed by atoms with Crippen LogP contribution in [0, 0.1) is 0 Å². The number of nitrogens with two attached hydrogens (primary N) is 1. The lowest BCUT2D eigenvalue weighted by atomic mass is 10.1. The molecule has 0 aromatic heterocycles. The Morgan fingerprint density at radius 1 is 0.929 bits per heavy atom. The quantitative estimate of drug-likeness (QED) is 0.399. The maximum atomic E-state index is 10.7.